The number of ether oxygens (including phenoxy) is 3. The van der Waals surface area contributed by atoms with Crippen molar-refractivity contribution in [2.75, 3.05) is 13.7 Å². The standard InChI is InChI=1S/C10H14O5/c1-13-9(12)7-3-2-4-10(5-7)14-6-8(11)15-10/h7H,2-6H2,1H3. The van der Waals surface area contributed by atoms with Crippen LogP contribution >= 0.6 is 0 Å². The molecule has 2 aliphatic rings. The molecule has 1 saturated heterocycles. The molecule has 5 nitrogen and oxygen atoms in total. The average Bonchev–Trinajstić information content (AvgIpc) is 2.59. The van der Waals surface area contributed by atoms with Crippen LogP contribution in [0, 0.1) is 5.92 Å². The smallest absolute Gasteiger partial charge is 0.334 e. The van der Waals surface area contributed by atoms with Crippen molar-refractivity contribution in [3.8, 4) is 0 Å². The van der Waals surface area contributed by atoms with Gasteiger partial charge in [0.05, 0.1) is 13.0 Å². The van der Waals surface area contributed by atoms with Crippen LogP contribution in [0.15, 0.2) is 0 Å². The maximum atomic E-state index is 11.4. The van der Waals surface area contributed by atoms with Gasteiger partial charge >= 0.3 is 11.9 Å². The molecule has 2 atom stereocenters. The van der Waals surface area contributed by atoms with E-state index in [1.807, 2.05) is 0 Å². The lowest BCUT2D eigenvalue weighted by Crippen LogP contribution is -2.39. The molecule has 0 amide bonds. The van der Waals surface area contributed by atoms with Crippen LogP contribution in [-0.4, -0.2) is 31.4 Å². The number of esters is 2. The highest BCUT2D eigenvalue weighted by molar-refractivity contribution is 5.74. The van der Waals surface area contributed by atoms with Crippen molar-refractivity contribution >= 4 is 11.9 Å². The summed E-state index contributed by atoms with van der Waals surface area (Å²) < 4.78 is 15.2. The monoisotopic (exact) mass is 214 g/mol. The van der Waals surface area contributed by atoms with Crippen molar-refractivity contribution in [3.05, 3.63) is 0 Å². The fourth-order valence-corrected chi connectivity index (χ4v) is 2.25. The predicted molar refractivity (Wildman–Crippen MR) is 48.7 cm³/mol. The summed E-state index contributed by atoms with van der Waals surface area (Å²) in [5.41, 5.74) is 0. The molecule has 2 fully saturated rings. The van der Waals surface area contributed by atoms with Crippen LogP contribution in [0.4, 0.5) is 0 Å². The maximum absolute atomic E-state index is 11.4. The Bertz CT molecular complexity index is 288. The van der Waals surface area contributed by atoms with Crippen LogP contribution in [0.25, 0.3) is 0 Å². The van der Waals surface area contributed by atoms with Gasteiger partial charge in [0.1, 0.15) is 6.61 Å². The normalized spacial score (nSPS) is 35.3. The van der Waals surface area contributed by atoms with Gasteiger partial charge in [0.2, 0.25) is 5.79 Å². The number of carbonyl (C=O) groups excluding carboxylic acids is 2. The lowest BCUT2D eigenvalue weighted by molar-refractivity contribution is -0.198. The zero-order valence-corrected chi connectivity index (χ0v) is 8.65. The fourth-order valence-electron chi connectivity index (χ4n) is 2.25. The molecule has 15 heavy (non-hydrogen) atoms. The van der Waals surface area contributed by atoms with Crippen LogP contribution in [0.5, 0.6) is 0 Å². The third kappa shape index (κ3) is 1.97. The first-order chi connectivity index (χ1) is 7.15. The van der Waals surface area contributed by atoms with Crippen LogP contribution < -0.4 is 0 Å². The van der Waals surface area contributed by atoms with Crippen molar-refractivity contribution in [2.24, 2.45) is 5.92 Å². The van der Waals surface area contributed by atoms with E-state index < -0.39 is 5.79 Å². The quantitative estimate of drug-likeness (QED) is 0.599. The molecule has 1 saturated carbocycles. The van der Waals surface area contributed by atoms with E-state index in [1.54, 1.807) is 0 Å². The Labute approximate surface area is 87.7 Å². The summed E-state index contributed by atoms with van der Waals surface area (Å²) >= 11 is 0. The zero-order chi connectivity index (χ0) is 10.9. The first-order valence-corrected chi connectivity index (χ1v) is 5.09. The Balaban J connectivity index is 2.04. The number of rotatable bonds is 1. The minimum Gasteiger partial charge on any atom is -0.469 e. The Kier molecular flexibility index (Phi) is 2.65. The molecule has 1 aliphatic heterocycles. The third-order valence-corrected chi connectivity index (χ3v) is 2.96. The Hall–Kier alpha value is -1.10. The highest BCUT2D eigenvalue weighted by atomic mass is 16.8. The summed E-state index contributed by atoms with van der Waals surface area (Å²) in [4.78, 5) is 22.4. The molecule has 5 heteroatoms. The highest BCUT2D eigenvalue weighted by Gasteiger charge is 2.47. The number of carbonyl (C=O) groups is 2. The number of methoxy groups -OCH3 is 1. The van der Waals surface area contributed by atoms with E-state index in [9.17, 15) is 9.59 Å². The van der Waals surface area contributed by atoms with Crippen molar-refractivity contribution in [1.29, 1.82) is 0 Å². The minimum absolute atomic E-state index is 0.00606. The molecule has 0 bridgehead atoms. The second kappa shape index (κ2) is 3.81. The van der Waals surface area contributed by atoms with Gasteiger partial charge in [-0.25, -0.2) is 4.79 Å². The van der Waals surface area contributed by atoms with Gasteiger partial charge < -0.3 is 14.2 Å². The molecule has 84 valence electrons. The van der Waals surface area contributed by atoms with Crippen LogP contribution in [0.1, 0.15) is 25.7 Å². The molecule has 0 radical (unpaired) electrons. The molecule has 1 spiro atoms. The SMILES string of the molecule is COC(=O)C1CCCC2(C1)OCC(=O)O2. The van der Waals surface area contributed by atoms with E-state index in [0.717, 1.165) is 12.8 Å². The van der Waals surface area contributed by atoms with Gasteiger partial charge in [0.15, 0.2) is 0 Å². The van der Waals surface area contributed by atoms with Gasteiger partial charge in [-0.3, -0.25) is 4.79 Å². The second-order valence-corrected chi connectivity index (χ2v) is 3.99. The molecule has 2 rings (SSSR count). The molecule has 0 N–H and O–H groups in total. The summed E-state index contributed by atoms with van der Waals surface area (Å²) in [6, 6.07) is 0. The van der Waals surface area contributed by atoms with Gasteiger partial charge in [-0.15, -0.1) is 0 Å². The van der Waals surface area contributed by atoms with Crippen LogP contribution in [0.2, 0.25) is 0 Å². The fraction of sp³-hybridized carbons (Fsp3) is 0.800. The summed E-state index contributed by atoms with van der Waals surface area (Å²) in [5.74, 6) is -1.66. The Morgan fingerprint density at radius 2 is 2.40 bits per heavy atom. The van der Waals surface area contributed by atoms with E-state index >= 15 is 0 Å². The summed E-state index contributed by atoms with van der Waals surface area (Å²) in [5, 5.41) is 0. The first kappa shape index (κ1) is 10.4. The lowest BCUT2D eigenvalue weighted by atomic mass is 9.85. The first-order valence-electron chi connectivity index (χ1n) is 5.09. The summed E-state index contributed by atoms with van der Waals surface area (Å²) in [6.45, 7) is -0.00606. The number of hydrogen-bond acceptors (Lipinski definition) is 5. The molecule has 0 aromatic carbocycles. The molecular formula is C10H14O5. The van der Waals surface area contributed by atoms with Crippen molar-refractivity contribution in [1.82, 2.24) is 0 Å². The summed E-state index contributed by atoms with van der Waals surface area (Å²) in [7, 11) is 1.37. The van der Waals surface area contributed by atoms with Crippen LogP contribution in [0.3, 0.4) is 0 Å². The molecule has 0 aromatic rings. The van der Waals surface area contributed by atoms with Crippen LogP contribution in [-0.2, 0) is 23.8 Å². The second-order valence-electron chi connectivity index (χ2n) is 3.99. The highest BCUT2D eigenvalue weighted by Crippen LogP contribution is 2.39. The predicted octanol–water partition coefficient (Wildman–Crippen LogP) is 0.619. The minimum atomic E-state index is -0.853. The molecule has 1 heterocycles. The van der Waals surface area contributed by atoms with Crippen molar-refractivity contribution < 1.29 is 23.8 Å². The van der Waals surface area contributed by atoms with Gasteiger partial charge in [-0.2, -0.15) is 0 Å². The third-order valence-electron chi connectivity index (χ3n) is 2.96. The number of hydrogen-bond donors (Lipinski definition) is 0. The van der Waals surface area contributed by atoms with Gasteiger partial charge in [-0.05, 0) is 12.8 Å². The average molecular weight is 214 g/mol. The van der Waals surface area contributed by atoms with Gasteiger partial charge in [-0.1, -0.05) is 0 Å². The Morgan fingerprint density at radius 3 is 3.00 bits per heavy atom. The van der Waals surface area contributed by atoms with E-state index in [-0.39, 0.29) is 24.5 Å². The molecular weight excluding hydrogens is 200 g/mol. The molecule has 0 aromatic heterocycles. The lowest BCUT2D eigenvalue weighted by Gasteiger charge is -2.33. The maximum Gasteiger partial charge on any atom is 0.334 e. The largest absolute Gasteiger partial charge is 0.469 e. The van der Waals surface area contributed by atoms with Gasteiger partial charge in [0, 0.05) is 12.8 Å². The van der Waals surface area contributed by atoms with E-state index in [2.05, 4.69) is 4.74 Å². The summed E-state index contributed by atoms with van der Waals surface area (Å²) in [6.07, 6.45) is 2.68. The van der Waals surface area contributed by atoms with Crippen molar-refractivity contribution in [2.45, 2.75) is 31.5 Å². The van der Waals surface area contributed by atoms with Gasteiger partial charge in [0.25, 0.3) is 0 Å². The van der Waals surface area contributed by atoms with E-state index in [1.165, 1.54) is 7.11 Å². The van der Waals surface area contributed by atoms with Crippen molar-refractivity contribution in [3.63, 3.8) is 0 Å². The topological polar surface area (TPSA) is 61.8 Å². The zero-order valence-electron chi connectivity index (χ0n) is 8.65. The molecule has 2 unspecified atom stereocenters. The Morgan fingerprint density at radius 1 is 1.60 bits per heavy atom. The molecule has 1 aliphatic carbocycles. The van der Waals surface area contributed by atoms with E-state index in [4.69, 9.17) is 9.47 Å². The van der Waals surface area contributed by atoms with E-state index in [0.29, 0.717) is 12.8 Å².